The third-order valence-electron chi connectivity index (χ3n) is 3.35. The average Bonchev–Trinajstić information content (AvgIpc) is 3.03. The Morgan fingerprint density at radius 2 is 2.11 bits per heavy atom. The Bertz CT molecular complexity index is 481. The van der Waals surface area contributed by atoms with E-state index >= 15 is 0 Å². The van der Waals surface area contributed by atoms with Crippen LogP contribution in [0.3, 0.4) is 0 Å². The fraction of sp³-hybridized carbons (Fsp3) is 0.818. The summed E-state index contributed by atoms with van der Waals surface area (Å²) in [5, 5.41) is 6.33. The molecule has 0 spiro atoms. The molecule has 1 heterocycles. The number of nitrogens with zero attached hydrogens (tertiary/aromatic N) is 1. The van der Waals surface area contributed by atoms with Crippen molar-refractivity contribution in [3.8, 4) is 0 Å². The van der Waals surface area contributed by atoms with E-state index in [0.717, 1.165) is 18.6 Å². The van der Waals surface area contributed by atoms with Crippen LogP contribution in [0.15, 0.2) is 5.16 Å². The minimum Gasteiger partial charge on any atom is -0.313 e. The Labute approximate surface area is 107 Å². The fourth-order valence-electron chi connectivity index (χ4n) is 2.07. The topological polar surface area (TPSA) is 84.8 Å². The van der Waals surface area contributed by atoms with E-state index in [9.17, 15) is 13.2 Å². The van der Waals surface area contributed by atoms with E-state index in [1.54, 1.807) is 6.92 Å². The van der Waals surface area contributed by atoms with Gasteiger partial charge in [0.1, 0.15) is 0 Å². The maximum absolute atomic E-state index is 11.5. The van der Waals surface area contributed by atoms with E-state index in [0.29, 0.717) is 12.3 Å². The molecule has 1 aliphatic carbocycles. The number of hydrogen-bond acceptors (Lipinski definition) is 5. The van der Waals surface area contributed by atoms with E-state index in [1.807, 2.05) is 6.92 Å². The van der Waals surface area contributed by atoms with Gasteiger partial charge in [0.15, 0.2) is 9.84 Å². The molecule has 18 heavy (non-hydrogen) atoms. The van der Waals surface area contributed by atoms with Gasteiger partial charge in [0, 0.05) is 5.92 Å². The first kappa shape index (κ1) is 13.3. The monoisotopic (exact) mass is 274 g/mol. The number of sulfone groups is 1. The highest BCUT2D eigenvalue weighted by Crippen LogP contribution is 2.30. The van der Waals surface area contributed by atoms with Crippen LogP contribution < -0.4 is 5.32 Å². The lowest BCUT2D eigenvalue weighted by atomic mass is 10.0. The lowest BCUT2D eigenvalue weighted by Gasteiger charge is -2.22. The average molecular weight is 274 g/mol. The molecule has 0 radical (unpaired) electrons. The molecule has 1 unspecified atom stereocenters. The van der Waals surface area contributed by atoms with Crippen molar-refractivity contribution in [2.75, 3.05) is 11.5 Å². The van der Waals surface area contributed by atoms with Crippen molar-refractivity contribution in [3.05, 3.63) is 0 Å². The lowest BCUT2D eigenvalue weighted by molar-refractivity contribution is 0.140. The number of nitrogens with one attached hydrogen (secondary N) is 1. The minimum atomic E-state index is -3.04. The highest BCUT2D eigenvalue weighted by atomic mass is 32.2. The molecule has 102 valence electrons. The van der Waals surface area contributed by atoms with Gasteiger partial charge in [-0.1, -0.05) is 5.16 Å². The number of amides is 1. The first-order valence-corrected chi connectivity index (χ1v) is 7.86. The zero-order valence-corrected chi connectivity index (χ0v) is 11.4. The van der Waals surface area contributed by atoms with Crippen LogP contribution >= 0.6 is 0 Å². The van der Waals surface area contributed by atoms with E-state index < -0.39 is 21.5 Å². The van der Waals surface area contributed by atoms with Crippen molar-refractivity contribution in [1.29, 1.82) is 0 Å². The van der Waals surface area contributed by atoms with Crippen LogP contribution in [0, 0.1) is 5.92 Å². The highest BCUT2D eigenvalue weighted by Gasteiger charge is 2.40. The molecule has 1 N–H and O–H groups in total. The predicted octanol–water partition coefficient (Wildman–Crippen LogP) is 1.08. The maximum atomic E-state index is 11.5. The zero-order chi connectivity index (χ0) is 13.4. The number of oxime groups is 1. The molecular weight excluding hydrogens is 256 g/mol. The minimum absolute atomic E-state index is 0.0412. The third kappa shape index (κ3) is 3.44. The van der Waals surface area contributed by atoms with Gasteiger partial charge in [0.2, 0.25) is 0 Å². The molecule has 7 heteroatoms. The van der Waals surface area contributed by atoms with Crippen molar-refractivity contribution in [2.24, 2.45) is 11.1 Å². The molecule has 6 nitrogen and oxygen atoms in total. The molecular formula is C11H18N2O4S. The molecule has 2 fully saturated rings. The normalized spacial score (nSPS) is 31.1. The summed E-state index contributed by atoms with van der Waals surface area (Å²) in [4.78, 5) is 16.3. The molecule has 2 aliphatic rings. The second kappa shape index (κ2) is 4.53. The van der Waals surface area contributed by atoms with Gasteiger partial charge < -0.3 is 5.32 Å². The molecule has 0 bridgehead atoms. The van der Waals surface area contributed by atoms with Crippen LogP contribution in [-0.4, -0.2) is 37.3 Å². The summed E-state index contributed by atoms with van der Waals surface area (Å²) in [5.41, 5.74) is 0.0770. The number of rotatable bonds is 3. The zero-order valence-electron chi connectivity index (χ0n) is 10.6. The number of carbonyl (C=O) groups is 1. The van der Waals surface area contributed by atoms with Gasteiger partial charge in [-0.15, -0.1) is 0 Å². The van der Waals surface area contributed by atoms with Crippen LogP contribution in [0.5, 0.6) is 0 Å². The van der Waals surface area contributed by atoms with Gasteiger partial charge in [-0.2, -0.15) is 0 Å². The third-order valence-corrected chi connectivity index (χ3v) is 5.25. The largest absolute Gasteiger partial charge is 0.433 e. The predicted molar refractivity (Wildman–Crippen MR) is 67.1 cm³/mol. The van der Waals surface area contributed by atoms with Crippen molar-refractivity contribution >= 4 is 21.6 Å². The van der Waals surface area contributed by atoms with Crippen LogP contribution in [-0.2, 0) is 14.7 Å². The molecule has 0 aromatic rings. The Morgan fingerprint density at radius 3 is 2.61 bits per heavy atom. The molecule has 1 amide bonds. The van der Waals surface area contributed by atoms with Crippen molar-refractivity contribution in [2.45, 2.75) is 38.6 Å². The van der Waals surface area contributed by atoms with Crippen molar-refractivity contribution < 1.29 is 18.0 Å². The van der Waals surface area contributed by atoms with E-state index in [1.165, 1.54) is 0 Å². The van der Waals surface area contributed by atoms with E-state index in [-0.39, 0.29) is 11.5 Å². The SMILES string of the molecule is C/C(=N/OC(=O)NC1(C)CCS(=O)(=O)C1)C1CC1. The molecule has 2 rings (SSSR count). The van der Waals surface area contributed by atoms with Crippen LogP contribution in [0.2, 0.25) is 0 Å². The van der Waals surface area contributed by atoms with Gasteiger partial charge in [-0.05, 0) is 33.1 Å². The smallest absolute Gasteiger partial charge is 0.313 e. The van der Waals surface area contributed by atoms with Gasteiger partial charge in [-0.25, -0.2) is 13.2 Å². The summed E-state index contributed by atoms with van der Waals surface area (Å²) in [5.74, 6) is 0.509. The summed E-state index contributed by atoms with van der Waals surface area (Å²) in [6, 6.07) is 0. The summed E-state index contributed by atoms with van der Waals surface area (Å²) < 4.78 is 22.7. The van der Waals surface area contributed by atoms with Gasteiger partial charge in [0.25, 0.3) is 0 Å². The van der Waals surface area contributed by atoms with Crippen molar-refractivity contribution in [3.63, 3.8) is 0 Å². The fourth-order valence-corrected chi connectivity index (χ4v) is 4.16. The standard InChI is InChI=1S/C11H18N2O4S/c1-8(9-3-4-9)13-17-10(14)12-11(2)5-6-18(15,16)7-11/h9H,3-7H2,1-2H3,(H,12,14)/b13-8-. The van der Waals surface area contributed by atoms with Gasteiger partial charge >= 0.3 is 6.09 Å². The molecule has 0 aromatic heterocycles. The summed E-state index contributed by atoms with van der Waals surface area (Å²) in [6.45, 7) is 3.53. The van der Waals surface area contributed by atoms with Gasteiger partial charge in [0.05, 0.1) is 22.8 Å². The lowest BCUT2D eigenvalue weighted by Crippen LogP contribution is -2.46. The maximum Gasteiger partial charge on any atom is 0.433 e. The molecule has 1 saturated heterocycles. The Balaban J connectivity index is 1.86. The Hall–Kier alpha value is -1.11. The second-order valence-corrected chi connectivity index (χ2v) is 7.60. The molecule has 1 atom stereocenters. The summed E-state index contributed by atoms with van der Waals surface area (Å²) in [7, 11) is -3.04. The van der Waals surface area contributed by atoms with E-state index in [4.69, 9.17) is 4.84 Å². The quantitative estimate of drug-likeness (QED) is 0.474. The first-order valence-electron chi connectivity index (χ1n) is 6.04. The summed E-state index contributed by atoms with van der Waals surface area (Å²) >= 11 is 0. The highest BCUT2D eigenvalue weighted by molar-refractivity contribution is 7.91. The van der Waals surface area contributed by atoms with Crippen molar-refractivity contribution in [1.82, 2.24) is 5.32 Å². The number of carbonyl (C=O) groups excluding carboxylic acids is 1. The van der Waals surface area contributed by atoms with Crippen LogP contribution in [0.1, 0.15) is 33.1 Å². The number of hydrogen-bond donors (Lipinski definition) is 1. The molecule has 0 aromatic carbocycles. The Morgan fingerprint density at radius 1 is 1.44 bits per heavy atom. The summed E-state index contributed by atoms with van der Waals surface area (Å²) in [6.07, 6.45) is 1.91. The first-order chi connectivity index (χ1) is 8.30. The Kier molecular flexibility index (Phi) is 3.35. The molecule has 1 aliphatic heterocycles. The molecule has 1 saturated carbocycles. The van der Waals surface area contributed by atoms with Gasteiger partial charge in [-0.3, -0.25) is 4.84 Å². The van der Waals surface area contributed by atoms with Crippen LogP contribution in [0.4, 0.5) is 4.79 Å². The van der Waals surface area contributed by atoms with Crippen LogP contribution in [0.25, 0.3) is 0 Å². The van der Waals surface area contributed by atoms with E-state index in [2.05, 4.69) is 10.5 Å². The second-order valence-electron chi connectivity index (χ2n) is 5.41.